The van der Waals surface area contributed by atoms with E-state index in [9.17, 15) is 19.7 Å². The van der Waals surface area contributed by atoms with Crippen LogP contribution in [0.2, 0.25) is 5.02 Å². The van der Waals surface area contributed by atoms with E-state index in [1.807, 2.05) is 13.8 Å². The van der Waals surface area contributed by atoms with Gasteiger partial charge in [0.2, 0.25) is 5.91 Å². The molecule has 0 aliphatic heterocycles. The molecular formula is C20H20ClN3O4. The van der Waals surface area contributed by atoms with E-state index in [0.717, 1.165) is 0 Å². The predicted octanol–water partition coefficient (Wildman–Crippen LogP) is 4.29. The lowest BCUT2D eigenvalue weighted by molar-refractivity contribution is -0.384. The third-order valence-electron chi connectivity index (χ3n) is 3.69. The van der Waals surface area contributed by atoms with Gasteiger partial charge in [-0.25, -0.2) is 0 Å². The van der Waals surface area contributed by atoms with Gasteiger partial charge in [-0.2, -0.15) is 0 Å². The molecule has 28 heavy (non-hydrogen) atoms. The molecule has 0 radical (unpaired) electrons. The quantitative estimate of drug-likeness (QED) is 0.410. The summed E-state index contributed by atoms with van der Waals surface area (Å²) in [6.07, 6.45) is 2.66. The standard InChI is InChI=1S/C20H20ClN3O4/c1-13(2)12-22-20(26)15-5-3-4-6-17(15)23-19(25)10-8-14-7-9-16(21)18(11-14)24(27)28/h3-11,13H,12H2,1-2H3,(H,22,26)(H,23,25)/b10-8+. The van der Waals surface area contributed by atoms with Gasteiger partial charge in [0, 0.05) is 18.7 Å². The van der Waals surface area contributed by atoms with Crippen molar-refractivity contribution in [2.45, 2.75) is 13.8 Å². The van der Waals surface area contributed by atoms with Crippen LogP contribution in [-0.2, 0) is 4.79 Å². The van der Waals surface area contributed by atoms with Crippen molar-refractivity contribution in [2.75, 3.05) is 11.9 Å². The first-order valence-electron chi connectivity index (χ1n) is 8.58. The lowest BCUT2D eigenvalue weighted by Gasteiger charge is -2.11. The van der Waals surface area contributed by atoms with Crippen molar-refractivity contribution in [3.63, 3.8) is 0 Å². The summed E-state index contributed by atoms with van der Waals surface area (Å²) in [5.74, 6) is -0.444. The third-order valence-corrected chi connectivity index (χ3v) is 4.01. The van der Waals surface area contributed by atoms with Crippen LogP contribution >= 0.6 is 11.6 Å². The van der Waals surface area contributed by atoms with Crippen LogP contribution in [0.15, 0.2) is 48.5 Å². The zero-order chi connectivity index (χ0) is 20.7. The molecule has 146 valence electrons. The second-order valence-corrected chi connectivity index (χ2v) is 6.85. The third kappa shape index (κ3) is 5.92. The molecule has 0 bridgehead atoms. The maximum absolute atomic E-state index is 12.3. The highest BCUT2D eigenvalue weighted by Gasteiger charge is 2.13. The number of amides is 2. The molecule has 0 heterocycles. The normalized spacial score (nSPS) is 10.9. The number of hydrogen-bond acceptors (Lipinski definition) is 4. The highest BCUT2D eigenvalue weighted by molar-refractivity contribution is 6.32. The van der Waals surface area contributed by atoms with Gasteiger partial charge in [0.25, 0.3) is 11.6 Å². The first kappa shape index (κ1) is 21.1. The highest BCUT2D eigenvalue weighted by Crippen LogP contribution is 2.25. The fraction of sp³-hybridized carbons (Fsp3) is 0.200. The van der Waals surface area contributed by atoms with Crippen molar-refractivity contribution in [3.8, 4) is 0 Å². The second-order valence-electron chi connectivity index (χ2n) is 6.44. The van der Waals surface area contributed by atoms with E-state index >= 15 is 0 Å². The number of rotatable bonds is 7. The van der Waals surface area contributed by atoms with Crippen molar-refractivity contribution >= 4 is 40.9 Å². The van der Waals surface area contributed by atoms with Crippen molar-refractivity contribution in [2.24, 2.45) is 5.92 Å². The zero-order valence-corrected chi connectivity index (χ0v) is 16.2. The number of hydrogen-bond donors (Lipinski definition) is 2. The van der Waals surface area contributed by atoms with Crippen molar-refractivity contribution < 1.29 is 14.5 Å². The lowest BCUT2D eigenvalue weighted by Crippen LogP contribution is -2.28. The van der Waals surface area contributed by atoms with E-state index in [4.69, 9.17) is 11.6 Å². The van der Waals surface area contributed by atoms with Gasteiger partial charge in [0.15, 0.2) is 0 Å². The van der Waals surface area contributed by atoms with E-state index in [2.05, 4.69) is 10.6 Å². The van der Waals surface area contributed by atoms with Gasteiger partial charge in [-0.05, 0) is 35.8 Å². The second kappa shape index (κ2) is 9.66. The fourth-order valence-electron chi connectivity index (χ4n) is 2.30. The van der Waals surface area contributed by atoms with Crippen molar-refractivity contribution in [1.82, 2.24) is 5.32 Å². The molecule has 2 aromatic rings. The Morgan fingerprint density at radius 3 is 2.61 bits per heavy atom. The van der Waals surface area contributed by atoms with E-state index < -0.39 is 10.8 Å². The molecule has 0 aliphatic rings. The largest absolute Gasteiger partial charge is 0.352 e. The number of nitrogens with one attached hydrogen (secondary N) is 2. The molecule has 0 aromatic heterocycles. The Morgan fingerprint density at radius 1 is 1.21 bits per heavy atom. The van der Waals surface area contributed by atoms with Crippen LogP contribution in [0, 0.1) is 16.0 Å². The summed E-state index contributed by atoms with van der Waals surface area (Å²) in [5, 5.41) is 16.4. The molecule has 0 aliphatic carbocycles. The molecule has 8 heteroatoms. The molecule has 2 rings (SSSR count). The van der Waals surface area contributed by atoms with Gasteiger partial charge >= 0.3 is 0 Å². The molecule has 2 amide bonds. The van der Waals surface area contributed by atoms with Crippen LogP contribution in [0.3, 0.4) is 0 Å². The number of nitrogens with zero attached hydrogens (tertiary/aromatic N) is 1. The van der Waals surface area contributed by atoms with E-state index in [1.165, 1.54) is 24.3 Å². The number of nitro benzene ring substituents is 1. The Bertz CT molecular complexity index is 925. The topological polar surface area (TPSA) is 101 Å². The first-order valence-corrected chi connectivity index (χ1v) is 8.96. The average Bonchev–Trinajstić information content (AvgIpc) is 2.65. The number of nitro groups is 1. The smallest absolute Gasteiger partial charge is 0.288 e. The Labute approximate surface area is 167 Å². The summed E-state index contributed by atoms with van der Waals surface area (Å²) < 4.78 is 0. The Hall–Kier alpha value is -3.19. The SMILES string of the molecule is CC(C)CNC(=O)c1ccccc1NC(=O)/C=C/c1ccc(Cl)c([N+](=O)[O-])c1. The van der Waals surface area contributed by atoms with Crippen LogP contribution in [0.4, 0.5) is 11.4 Å². The maximum atomic E-state index is 12.3. The predicted molar refractivity (Wildman–Crippen MR) is 109 cm³/mol. The molecule has 0 unspecified atom stereocenters. The summed E-state index contributed by atoms with van der Waals surface area (Å²) in [4.78, 5) is 34.9. The van der Waals surface area contributed by atoms with Gasteiger partial charge in [0.05, 0.1) is 16.2 Å². The number of anilines is 1. The Kier molecular flexibility index (Phi) is 7.28. The molecule has 0 saturated carbocycles. The summed E-state index contributed by atoms with van der Waals surface area (Å²) in [5.41, 5.74) is 0.943. The number of halogens is 1. The fourth-order valence-corrected chi connectivity index (χ4v) is 2.49. The Balaban J connectivity index is 2.11. The number of benzene rings is 2. The molecule has 0 saturated heterocycles. The number of para-hydroxylation sites is 1. The first-order chi connectivity index (χ1) is 13.3. The minimum absolute atomic E-state index is 0.0212. The molecule has 0 fully saturated rings. The average molecular weight is 402 g/mol. The summed E-state index contributed by atoms with van der Waals surface area (Å²) >= 11 is 5.77. The van der Waals surface area contributed by atoms with Crippen molar-refractivity contribution in [3.05, 3.63) is 74.8 Å². The van der Waals surface area contributed by atoms with Gasteiger partial charge in [-0.3, -0.25) is 19.7 Å². The number of carbonyl (C=O) groups is 2. The lowest BCUT2D eigenvalue weighted by atomic mass is 10.1. The van der Waals surface area contributed by atoms with Crippen LogP contribution < -0.4 is 10.6 Å². The van der Waals surface area contributed by atoms with Gasteiger partial charge in [-0.1, -0.05) is 43.6 Å². The summed E-state index contributed by atoms with van der Waals surface area (Å²) in [6.45, 7) is 4.50. The van der Waals surface area contributed by atoms with Crippen LogP contribution in [0.5, 0.6) is 0 Å². The molecule has 2 aromatic carbocycles. The molecule has 0 spiro atoms. The van der Waals surface area contributed by atoms with E-state index in [0.29, 0.717) is 29.3 Å². The molecule has 7 nitrogen and oxygen atoms in total. The van der Waals surface area contributed by atoms with Crippen LogP contribution in [-0.4, -0.2) is 23.3 Å². The van der Waals surface area contributed by atoms with Crippen LogP contribution in [0.1, 0.15) is 29.8 Å². The number of carbonyl (C=O) groups excluding carboxylic acids is 2. The zero-order valence-electron chi connectivity index (χ0n) is 15.4. The molecule has 2 N–H and O–H groups in total. The minimum atomic E-state index is -0.592. The molecule has 0 atom stereocenters. The van der Waals surface area contributed by atoms with Gasteiger partial charge < -0.3 is 10.6 Å². The summed E-state index contributed by atoms with van der Waals surface area (Å²) in [7, 11) is 0. The molecular weight excluding hydrogens is 382 g/mol. The van der Waals surface area contributed by atoms with Crippen molar-refractivity contribution in [1.29, 1.82) is 0 Å². The van der Waals surface area contributed by atoms with Gasteiger partial charge in [-0.15, -0.1) is 0 Å². The highest BCUT2D eigenvalue weighted by atomic mass is 35.5. The Morgan fingerprint density at radius 2 is 1.93 bits per heavy atom. The summed E-state index contributed by atoms with van der Waals surface area (Å²) in [6, 6.07) is 10.9. The van der Waals surface area contributed by atoms with Crippen LogP contribution in [0.25, 0.3) is 6.08 Å². The monoisotopic (exact) mass is 401 g/mol. The van der Waals surface area contributed by atoms with Gasteiger partial charge in [0.1, 0.15) is 5.02 Å². The van der Waals surface area contributed by atoms with E-state index in [1.54, 1.807) is 30.3 Å². The minimum Gasteiger partial charge on any atom is -0.352 e. The van der Waals surface area contributed by atoms with E-state index in [-0.39, 0.29) is 16.6 Å². The maximum Gasteiger partial charge on any atom is 0.288 e.